The number of halogens is 1. The quantitative estimate of drug-likeness (QED) is 0.0681. The fourth-order valence-electron chi connectivity index (χ4n) is 7.61. The van der Waals surface area contributed by atoms with Crippen LogP contribution < -0.4 is 36.2 Å². The predicted molar refractivity (Wildman–Crippen MR) is 225 cm³/mol. The Morgan fingerprint density at radius 1 is 0.964 bits per heavy atom. The first kappa shape index (κ1) is 38.4. The number of fused-ring (bicyclic) bond motifs is 1. The molecule has 55 heavy (non-hydrogen) atoms. The van der Waals surface area contributed by atoms with Gasteiger partial charge in [-0.05, 0) is 56.5 Å². The highest BCUT2D eigenvalue weighted by atomic mass is 35.5. The molecular weight excluding hydrogens is 733 g/mol. The molecule has 0 saturated carbocycles. The van der Waals surface area contributed by atoms with Gasteiger partial charge in [-0.2, -0.15) is 4.98 Å². The Kier molecular flexibility index (Phi) is 12.1. The van der Waals surface area contributed by atoms with E-state index in [1.165, 1.54) is 0 Å². The first-order valence-electron chi connectivity index (χ1n) is 18.8. The summed E-state index contributed by atoms with van der Waals surface area (Å²) in [6.45, 7) is 12.1. The first-order chi connectivity index (χ1) is 26.7. The van der Waals surface area contributed by atoms with Crippen molar-refractivity contribution in [2.24, 2.45) is 0 Å². The molecule has 7 rings (SSSR count). The zero-order valence-electron chi connectivity index (χ0n) is 31.6. The van der Waals surface area contributed by atoms with Crippen molar-refractivity contribution < 1.29 is 14.1 Å². The predicted octanol–water partition coefficient (Wildman–Crippen LogP) is 6.40. The largest absolute Gasteiger partial charge is 0.494 e. The molecule has 288 valence electrons. The van der Waals surface area contributed by atoms with E-state index < -0.39 is 7.14 Å². The first-order valence-corrected chi connectivity index (χ1v) is 21.8. The summed E-state index contributed by atoms with van der Waals surface area (Å²) in [5.41, 5.74) is 6.24. The van der Waals surface area contributed by atoms with E-state index in [0.717, 1.165) is 98.7 Å². The van der Waals surface area contributed by atoms with Gasteiger partial charge in [-0.1, -0.05) is 48.0 Å². The number of rotatable bonds is 13. The summed E-state index contributed by atoms with van der Waals surface area (Å²) in [4.78, 5) is 27.8. The fourth-order valence-corrected chi connectivity index (χ4v) is 8.90. The van der Waals surface area contributed by atoms with Gasteiger partial charge in [-0.3, -0.25) is 9.80 Å². The van der Waals surface area contributed by atoms with Crippen LogP contribution in [0.5, 0.6) is 5.75 Å². The molecule has 0 amide bonds. The summed E-state index contributed by atoms with van der Waals surface area (Å²) in [5, 5.41) is 14.2. The third-order valence-electron chi connectivity index (χ3n) is 10.6. The summed E-state index contributed by atoms with van der Waals surface area (Å²) in [7, 11) is -0.865. The number of carbonyl (C=O) groups excluding carboxylic acids is 1. The molecular formula is C41H49ClN9O3P. The highest BCUT2D eigenvalue weighted by molar-refractivity contribution is 7.70. The van der Waals surface area contributed by atoms with Gasteiger partial charge in [0.25, 0.3) is 0 Å². The molecule has 2 fully saturated rings. The highest BCUT2D eigenvalue weighted by Crippen LogP contribution is 2.39. The zero-order valence-corrected chi connectivity index (χ0v) is 33.3. The van der Waals surface area contributed by atoms with E-state index in [2.05, 4.69) is 76.3 Å². The van der Waals surface area contributed by atoms with Crippen molar-refractivity contribution in [3.05, 3.63) is 95.2 Å². The van der Waals surface area contributed by atoms with E-state index in [9.17, 15) is 9.36 Å². The van der Waals surface area contributed by atoms with Crippen molar-refractivity contribution in [1.82, 2.24) is 25.1 Å². The van der Waals surface area contributed by atoms with E-state index >= 15 is 0 Å². The second kappa shape index (κ2) is 17.3. The molecule has 12 nitrogen and oxygen atoms in total. The van der Waals surface area contributed by atoms with Crippen LogP contribution in [0.2, 0.25) is 5.02 Å². The summed E-state index contributed by atoms with van der Waals surface area (Å²) in [6.07, 6.45) is 8.24. The molecule has 3 aromatic carbocycles. The Morgan fingerprint density at radius 3 is 2.51 bits per heavy atom. The summed E-state index contributed by atoms with van der Waals surface area (Å²) >= 11 is 6.48. The number of piperazine rings is 1. The van der Waals surface area contributed by atoms with Crippen LogP contribution in [0.15, 0.2) is 79.0 Å². The maximum absolute atomic E-state index is 12.9. The number of hydrogen-bond acceptors (Lipinski definition) is 12. The van der Waals surface area contributed by atoms with Crippen LogP contribution in [0, 0.1) is 0 Å². The van der Waals surface area contributed by atoms with Crippen molar-refractivity contribution >= 4 is 70.2 Å². The number of piperidine rings is 1. The molecule has 4 aromatic rings. The van der Waals surface area contributed by atoms with Gasteiger partial charge in [0, 0.05) is 98.8 Å². The fraction of sp³-hybridized carbons (Fsp3) is 0.366. The summed E-state index contributed by atoms with van der Waals surface area (Å²) in [6, 6.07) is 20.3. The Labute approximate surface area is 328 Å². The van der Waals surface area contributed by atoms with E-state index in [0.29, 0.717) is 46.5 Å². The number of hydrogen-bond donors (Lipinski definition) is 4. The van der Waals surface area contributed by atoms with Crippen LogP contribution in [0.25, 0.3) is 5.70 Å². The molecule has 1 aromatic heterocycles. The van der Waals surface area contributed by atoms with Gasteiger partial charge in [-0.15, -0.1) is 0 Å². The van der Waals surface area contributed by atoms with Crippen LogP contribution in [0.4, 0.5) is 34.5 Å². The van der Waals surface area contributed by atoms with Gasteiger partial charge in [0.2, 0.25) is 5.95 Å². The summed E-state index contributed by atoms with van der Waals surface area (Å²) in [5.74, 6) is 3.47. The Balaban J connectivity index is 0.872. The molecule has 0 radical (unpaired) electrons. The molecule has 4 heterocycles. The van der Waals surface area contributed by atoms with Gasteiger partial charge in [0.15, 0.2) is 11.8 Å². The van der Waals surface area contributed by atoms with Gasteiger partial charge in [0.1, 0.15) is 23.6 Å². The Bertz CT molecular complexity index is 2120. The lowest BCUT2D eigenvalue weighted by Crippen LogP contribution is -2.53. The minimum absolute atomic E-state index is 0.353. The SMILES string of the molecule is COc1cc(N2CCC(N3CCN(CC=CCNc4cccc5c4CNC5=C=O)CC3)CC2)ccc1Nc1ncc(Cl)c(Nc2ccccc2P(C)(C)=O)n1. The number of nitrogens with zero attached hydrogens (tertiary/aromatic N) is 5. The highest BCUT2D eigenvalue weighted by Gasteiger charge is 2.28. The van der Waals surface area contributed by atoms with Crippen molar-refractivity contribution in [3.63, 3.8) is 0 Å². The second-order valence-electron chi connectivity index (χ2n) is 14.5. The smallest absolute Gasteiger partial charge is 0.229 e. The minimum Gasteiger partial charge on any atom is -0.494 e. The van der Waals surface area contributed by atoms with E-state index in [1.54, 1.807) is 26.6 Å². The van der Waals surface area contributed by atoms with Crippen LogP contribution in [0.1, 0.15) is 24.0 Å². The standard InChI is InChI=1S/C41H49ClN9O3P/c1-54-38-25-30(13-14-35(38)47-41-45-27-33(42)40(48-41)46-36-10-4-5-12-39(36)55(2,3)53)50-19-15-29(16-20-50)51-23-21-49(22-24-51)18-7-6-17-43-34-11-8-9-31-32(34)26-44-37(31)28-52/h4-14,25,27,29,43-44H,15-24,26H2,1-3H3,(H2,45,46,47,48). The molecule has 0 unspecified atom stereocenters. The Hall–Kier alpha value is -4.83. The van der Waals surface area contributed by atoms with Crippen LogP contribution in [-0.2, 0) is 15.9 Å². The van der Waals surface area contributed by atoms with Crippen molar-refractivity contribution in [2.75, 3.05) is 93.6 Å². The number of aromatic nitrogens is 2. The van der Waals surface area contributed by atoms with Crippen molar-refractivity contribution in [3.8, 4) is 5.75 Å². The lowest BCUT2D eigenvalue weighted by atomic mass is 10.0. The van der Waals surface area contributed by atoms with Crippen LogP contribution in [0.3, 0.4) is 0 Å². The van der Waals surface area contributed by atoms with Gasteiger partial charge in [0.05, 0.1) is 24.7 Å². The molecule has 14 heteroatoms. The van der Waals surface area contributed by atoms with Gasteiger partial charge < -0.3 is 35.5 Å². The molecule has 0 bridgehead atoms. The molecule has 0 spiro atoms. The molecule has 3 aliphatic rings. The number of para-hydroxylation sites is 1. The van der Waals surface area contributed by atoms with Gasteiger partial charge in [-0.25, -0.2) is 9.78 Å². The number of nitrogens with one attached hydrogen (secondary N) is 4. The molecule has 2 saturated heterocycles. The topological polar surface area (TPSA) is 127 Å². The van der Waals surface area contributed by atoms with E-state index in [-0.39, 0.29) is 0 Å². The molecule has 0 atom stereocenters. The van der Waals surface area contributed by atoms with Crippen LogP contribution >= 0.6 is 18.7 Å². The van der Waals surface area contributed by atoms with Crippen molar-refractivity contribution in [1.29, 1.82) is 0 Å². The molecule has 4 N–H and O–H groups in total. The number of ether oxygens (including phenoxy) is 1. The van der Waals surface area contributed by atoms with Crippen molar-refractivity contribution in [2.45, 2.75) is 25.4 Å². The summed E-state index contributed by atoms with van der Waals surface area (Å²) < 4.78 is 18.7. The van der Waals surface area contributed by atoms with Crippen LogP contribution in [-0.4, -0.2) is 105 Å². The average molecular weight is 782 g/mol. The third kappa shape index (κ3) is 9.18. The molecule has 0 aliphatic carbocycles. The zero-order chi connectivity index (χ0) is 38.4. The van der Waals surface area contributed by atoms with E-state index in [4.69, 9.17) is 16.3 Å². The number of benzene rings is 3. The van der Waals surface area contributed by atoms with E-state index in [1.807, 2.05) is 48.4 Å². The second-order valence-corrected chi connectivity index (χ2v) is 18.1. The van der Waals surface area contributed by atoms with Gasteiger partial charge >= 0.3 is 0 Å². The number of methoxy groups -OCH3 is 1. The monoisotopic (exact) mass is 781 g/mol. The maximum Gasteiger partial charge on any atom is 0.229 e. The maximum atomic E-state index is 12.9. The lowest BCUT2D eigenvalue weighted by molar-refractivity contribution is 0.0910. The normalized spacial score (nSPS) is 16.8. The molecule has 3 aliphatic heterocycles. The average Bonchev–Trinajstić information content (AvgIpc) is 3.63. The minimum atomic E-state index is -2.53. The Morgan fingerprint density at radius 2 is 1.75 bits per heavy atom. The lowest BCUT2D eigenvalue weighted by Gasteiger charge is -2.43. The number of anilines is 6. The third-order valence-corrected chi connectivity index (χ3v) is 12.4.